The van der Waals surface area contributed by atoms with E-state index in [0.29, 0.717) is 22.8 Å². The molecule has 1 unspecified atom stereocenters. The maximum atomic E-state index is 12.5. The Morgan fingerprint density at radius 2 is 2.00 bits per heavy atom. The first-order valence-corrected chi connectivity index (χ1v) is 10.4. The van der Waals surface area contributed by atoms with Gasteiger partial charge in [0.1, 0.15) is 16.5 Å². The number of aliphatic carboxylic acids is 1. The number of aromatic carboxylic acids is 1. The van der Waals surface area contributed by atoms with Crippen LogP contribution in [-0.4, -0.2) is 58.3 Å². The Bertz CT molecular complexity index is 1080. The van der Waals surface area contributed by atoms with Gasteiger partial charge in [-0.3, -0.25) is 9.59 Å². The summed E-state index contributed by atoms with van der Waals surface area (Å²) in [6, 6.07) is 4.05. The van der Waals surface area contributed by atoms with E-state index in [2.05, 4.69) is 16.0 Å². The third-order valence-electron chi connectivity index (χ3n) is 4.76. The highest BCUT2D eigenvalue weighted by Gasteiger charge is 2.30. The minimum atomic E-state index is -1.72. The fourth-order valence-corrected chi connectivity index (χ4v) is 4.48. The van der Waals surface area contributed by atoms with Crippen LogP contribution >= 0.6 is 11.3 Å². The SMILES string of the molecule is CCOc1ccc(C(=O)NCC2Cc3c(sc(NC(=O)C(=O)O)c3C(=O)O)CN2)c(O)c1. The van der Waals surface area contributed by atoms with E-state index in [4.69, 9.17) is 9.84 Å². The molecule has 170 valence electrons. The van der Waals surface area contributed by atoms with E-state index in [1.54, 1.807) is 13.0 Å². The highest BCUT2D eigenvalue weighted by Crippen LogP contribution is 2.36. The van der Waals surface area contributed by atoms with E-state index in [1.165, 1.54) is 12.1 Å². The zero-order valence-electron chi connectivity index (χ0n) is 16.9. The summed E-state index contributed by atoms with van der Waals surface area (Å²) in [6.45, 7) is 2.66. The molecule has 1 aromatic heterocycles. The Balaban J connectivity index is 1.69. The number of thiophene rings is 1. The molecule has 12 heteroatoms. The minimum absolute atomic E-state index is 0.0410. The summed E-state index contributed by atoms with van der Waals surface area (Å²) in [6.07, 6.45) is 0.242. The summed E-state index contributed by atoms with van der Waals surface area (Å²) >= 11 is 0.996. The first kappa shape index (κ1) is 23.0. The number of aromatic hydroxyl groups is 1. The van der Waals surface area contributed by atoms with Gasteiger partial charge in [-0.1, -0.05) is 0 Å². The van der Waals surface area contributed by atoms with Crippen molar-refractivity contribution in [1.29, 1.82) is 0 Å². The Morgan fingerprint density at radius 1 is 1.25 bits per heavy atom. The molecule has 0 spiro atoms. The molecule has 0 bridgehead atoms. The van der Waals surface area contributed by atoms with E-state index in [1.807, 2.05) is 0 Å². The van der Waals surface area contributed by atoms with Gasteiger partial charge < -0.3 is 36.0 Å². The molecule has 2 heterocycles. The first-order valence-electron chi connectivity index (χ1n) is 9.60. The molecule has 3 rings (SSSR count). The van der Waals surface area contributed by atoms with E-state index in [-0.39, 0.29) is 47.4 Å². The number of amides is 2. The lowest BCUT2D eigenvalue weighted by Crippen LogP contribution is -2.44. The number of phenolic OH excluding ortho intramolecular Hbond substituents is 1. The van der Waals surface area contributed by atoms with Crippen LogP contribution in [0.25, 0.3) is 0 Å². The van der Waals surface area contributed by atoms with Crippen LogP contribution in [0.4, 0.5) is 5.00 Å². The number of rotatable bonds is 7. The Kier molecular flexibility index (Phi) is 6.95. The molecule has 2 amide bonds. The molecule has 11 nitrogen and oxygen atoms in total. The molecule has 1 aromatic carbocycles. The Labute approximate surface area is 186 Å². The number of carboxylic acids is 2. The third kappa shape index (κ3) is 4.98. The second kappa shape index (κ2) is 9.66. The lowest BCUT2D eigenvalue weighted by atomic mass is 9.98. The highest BCUT2D eigenvalue weighted by molar-refractivity contribution is 7.17. The van der Waals surface area contributed by atoms with Gasteiger partial charge in [0.25, 0.3) is 5.91 Å². The summed E-state index contributed by atoms with van der Waals surface area (Å²) in [4.78, 5) is 47.1. The molecule has 0 saturated carbocycles. The fourth-order valence-electron chi connectivity index (χ4n) is 3.31. The van der Waals surface area contributed by atoms with Crippen molar-refractivity contribution in [1.82, 2.24) is 10.6 Å². The lowest BCUT2D eigenvalue weighted by Gasteiger charge is -2.24. The number of hydrogen-bond donors (Lipinski definition) is 6. The molecule has 0 fully saturated rings. The molecule has 32 heavy (non-hydrogen) atoms. The highest BCUT2D eigenvalue weighted by atomic mass is 32.1. The zero-order chi connectivity index (χ0) is 23.4. The Morgan fingerprint density at radius 3 is 2.62 bits per heavy atom. The van der Waals surface area contributed by atoms with Crippen LogP contribution in [0.15, 0.2) is 18.2 Å². The fraction of sp³-hybridized carbons (Fsp3) is 0.300. The molecular formula is C20H21N3O8S. The average Bonchev–Trinajstić information content (AvgIpc) is 3.09. The van der Waals surface area contributed by atoms with Gasteiger partial charge in [0.2, 0.25) is 0 Å². The minimum Gasteiger partial charge on any atom is -0.507 e. The maximum Gasteiger partial charge on any atom is 0.394 e. The number of benzene rings is 1. The van der Waals surface area contributed by atoms with Gasteiger partial charge in [-0.2, -0.15) is 0 Å². The molecule has 0 aliphatic carbocycles. The van der Waals surface area contributed by atoms with E-state index in [0.717, 1.165) is 11.3 Å². The predicted molar refractivity (Wildman–Crippen MR) is 113 cm³/mol. The number of anilines is 1. The summed E-state index contributed by atoms with van der Waals surface area (Å²) in [5.41, 5.74) is 0.400. The maximum absolute atomic E-state index is 12.5. The van der Waals surface area contributed by atoms with E-state index < -0.39 is 23.8 Å². The molecule has 0 radical (unpaired) electrons. The molecule has 1 atom stereocenters. The normalized spacial score (nSPS) is 14.8. The van der Waals surface area contributed by atoms with Crippen molar-refractivity contribution < 1.29 is 39.2 Å². The largest absolute Gasteiger partial charge is 0.507 e. The summed E-state index contributed by atoms with van der Waals surface area (Å²) in [5.74, 6) is -4.62. The van der Waals surface area contributed by atoms with E-state index >= 15 is 0 Å². The van der Waals surface area contributed by atoms with Crippen molar-refractivity contribution >= 4 is 40.1 Å². The smallest absolute Gasteiger partial charge is 0.394 e. The number of hydrogen-bond acceptors (Lipinski definition) is 8. The monoisotopic (exact) mass is 463 g/mol. The third-order valence-corrected chi connectivity index (χ3v) is 5.91. The van der Waals surface area contributed by atoms with Crippen LogP contribution in [0.5, 0.6) is 11.5 Å². The topological polar surface area (TPSA) is 174 Å². The van der Waals surface area contributed by atoms with Crippen LogP contribution in [0.2, 0.25) is 0 Å². The van der Waals surface area contributed by atoms with Gasteiger partial charge in [-0.15, -0.1) is 11.3 Å². The second-order valence-electron chi connectivity index (χ2n) is 6.88. The van der Waals surface area contributed by atoms with Gasteiger partial charge in [0.15, 0.2) is 0 Å². The molecular weight excluding hydrogens is 442 g/mol. The standard InChI is InChI=1S/C20H21N3O8S/c1-2-31-10-3-4-11(13(24)6-10)16(25)22-7-9-5-12-14(8-21-9)32-18(15(12)19(27)28)23-17(26)20(29)30/h3-4,6,9,21,24H,2,5,7-8H2,1H3,(H,22,25)(H,23,26)(H,27,28)(H,29,30). The molecule has 1 aliphatic heterocycles. The number of carbonyl (C=O) groups is 4. The van der Waals surface area contributed by atoms with E-state index in [9.17, 15) is 29.4 Å². The van der Waals surface area contributed by atoms with Gasteiger partial charge in [0, 0.05) is 30.1 Å². The van der Waals surface area contributed by atoms with Crippen molar-refractivity contribution in [2.24, 2.45) is 0 Å². The predicted octanol–water partition coefficient (Wildman–Crippen LogP) is 1.02. The van der Waals surface area contributed by atoms with Crippen LogP contribution < -0.4 is 20.7 Å². The number of phenols is 1. The van der Waals surface area contributed by atoms with Crippen molar-refractivity contribution in [3.8, 4) is 11.5 Å². The lowest BCUT2D eigenvalue weighted by molar-refractivity contribution is -0.147. The summed E-state index contributed by atoms with van der Waals surface area (Å²) in [5, 5.41) is 36.4. The number of carbonyl (C=O) groups excluding carboxylic acids is 2. The van der Waals surface area contributed by atoms with Gasteiger partial charge in [0.05, 0.1) is 17.7 Å². The molecule has 2 aromatic rings. The second-order valence-corrected chi connectivity index (χ2v) is 7.98. The Hall–Kier alpha value is -3.64. The molecule has 1 aliphatic rings. The molecule has 0 saturated heterocycles. The quantitative estimate of drug-likeness (QED) is 0.328. The van der Waals surface area contributed by atoms with Crippen LogP contribution in [0.3, 0.4) is 0 Å². The number of ether oxygens (including phenoxy) is 1. The van der Waals surface area contributed by atoms with Crippen LogP contribution in [-0.2, 0) is 22.6 Å². The van der Waals surface area contributed by atoms with Crippen LogP contribution in [0.1, 0.15) is 38.1 Å². The summed E-state index contributed by atoms with van der Waals surface area (Å²) in [7, 11) is 0. The van der Waals surface area contributed by atoms with Crippen LogP contribution in [0, 0.1) is 0 Å². The number of fused-ring (bicyclic) bond motifs is 1. The number of nitrogens with one attached hydrogen (secondary N) is 3. The van der Waals surface area contributed by atoms with Gasteiger partial charge in [-0.05, 0) is 31.0 Å². The summed E-state index contributed by atoms with van der Waals surface area (Å²) < 4.78 is 5.27. The zero-order valence-corrected chi connectivity index (χ0v) is 17.7. The average molecular weight is 463 g/mol. The molecule has 6 N–H and O–H groups in total. The first-order chi connectivity index (χ1) is 15.2. The van der Waals surface area contributed by atoms with Crippen molar-refractivity contribution in [2.75, 3.05) is 18.5 Å². The van der Waals surface area contributed by atoms with Gasteiger partial charge >= 0.3 is 17.8 Å². The van der Waals surface area contributed by atoms with Crippen molar-refractivity contribution in [3.05, 3.63) is 39.8 Å². The van der Waals surface area contributed by atoms with Crippen molar-refractivity contribution in [2.45, 2.75) is 25.9 Å². The van der Waals surface area contributed by atoms with Gasteiger partial charge in [-0.25, -0.2) is 9.59 Å². The van der Waals surface area contributed by atoms with Crippen molar-refractivity contribution in [3.63, 3.8) is 0 Å². The number of carboxylic acid groups (broad SMARTS) is 2.